The Morgan fingerprint density at radius 2 is 1.59 bits per heavy atom. The van der Waals surface area contributed by atoms with Crippen molar-refractivity contribution in [2.24, 2.45) is 0 Å². The smallest absolute Gasteiger partial charge is 0.251 e. The number of amides is 1. The predicted octanol–water partition coefficient (Wildman–Crippen LogP) is 4.28. The average Bonchev–Trinajstić information content (AvgIpc) is 2.59. The van der Waals surface area contributed by atoms with Crippen LogP contribution in [0.25, 0.3) is 16.8 Å². The number of nitrogens with one attached hydrogen (secondary N) is 1. The van der Waals surface area contributed by atoms with Crippen LogP contribution in [0.3, 0.4) is 0 Å². The summed E-state index contributed by atoms with van der Waals surface area (Å²) in [6.07, 6.45) is 3.95. The monoisotopic (exact) mass is 287 g/mol. The van der Waals surface area contributed by atoms with Crippen molar-refractivity contribution in [3.05, 3.63) is 90.0 Å². The zero-order valence-electron chi connectivity index (χ0n) is 12.2. The van der Waals surface area contributed by atoms with Crippen LogP contribution < -0.4 is 5.32 Å². The van der Waals surface area contributed by atoms with Gasteiger partial charge in [-0.2, -0.15) is 0 Å². The van der Waals surface area contributed by atoms with Crippen LogP contribution in [0, 0.1) is 0 Å². The van der Waals surface area contributed by atoms with E-state index in [4.69, 9.17) is 0 Å². The fraction of sp³-hybridized carbons (Fsp3) is 0.0500. The van der Waals surface area contributed by atoms with E-state index in [1.165, 1.54) is 0 Å². The van der Waals surface area contributed by atoms with Crippen LogP contribution in [0.1, 0.15) is 15.9 Å². The van der Waals surface area contributed by atoms with Gasteiger partial charge in [0.15, 0.2) is 0 Å². The minimum absolute atomic E-state index is 0.0523. The minimum atomic E-state index is -0.0523. The molecule has 0 aromatic heterocycles. The van der Waals surface area contributed by atoms with Crippen LogP contribution in [0.2, 0.25) is 0 Å². The fourth-order valence-corrected chi connectivity index (χ4v) is 2.34. The topological polar surface area (TPSA) is 29.1 Å². The molecule has 1 N–H and O–H groups in total. The molecular formula is C20H17NO. The summed E-state index contributed by atoms with van der Waals surface area (Å²) in [7, 11) is 0. The van der Waals surface area contributed by atoms with Gasteiger partial charge in [0, 0.05) is 12.1 Å². The highest BCUT2D eigenvalue weighted by atomic mass is 16.1. The molecule has 0 heterocycles. The van der Waals surface area contributed by atoms with E-state index in [1.54, 1.807) is 0 Å². The van der Waals surface area contributed by atoms with E-state index < -0.39 is 0 Å². The molecule has 0 radical (unpaired) electrons. The number of benzene rings is 3. The molecule has 3 aromatic carbocycles. The molecule has 0 atom stereocenters. The van der Waals surface area contributed by atoms with Gasteiger partial charge < -0.3 is 5.32 Å². The van der Waals surface area contributed by atoms with Gasteiger partial charge in [0.2, 0.25) is 0 Å². The molecule has 0 aliphatic heterocycles. The maximum Gasteiger partial charge on any atom is 0.251 e. The van der Waals surface area contributed by atoms with E-state index in [2.05, 4.69) is 5.32 Å². The Hall–Kier alpha value is -2.87. The molecule has 0 unspecified atom stereocenters. The Kier molecular flexibility index (Phi) is 4.30. The molecule has 2 nitrogen and oxygen atoms in total. The maximum absolute atomic E-state index is 12.2. The molecule has 0 fully saturated rings. The molecule has 22 heavy (non-hydrogen) atoms. The first kappa shape index (κ1) is 14.1. The first-order valence-corrected chi connectivity index (χ1v) is 7.31. The van der Waals surface area contributed by atoms with Crippen LogP contribution >= 0.6 is 0 Å². The van der Waals surface area contributed by atoms with Crippen LogP contribution in [-0.4, -0.2) is 12.5 Å². The van der Waals surface area contributed by atoms with Gasteiger partial charge >= 0.3 is 0 Å². The van der Waals surface area contributed by atoms with Crippen LogP contribution in [-0.2, 0) is 0 Å². The van der Waals surface area contributed by atoms with Crippen molar-refractivity contribution in [2.45, 2.75) is 0 Å². The normalized spacial score (nSPS) is 10.9. The van der Waals surface area contributed by atoms with Crippen LogP contribution in [0.5, 0.6) is 0 Å². The molecule has 1 amide bonds. The van der Waals surface area contributed by atoms with Crippen LogP contribution in [0.15, 0.2) is 78.9 Å². The molecule has 0 aliphatic rings. The number of hydrogen-bond acceptors (Lipinski definition) is 1. The summed E-state index contributed by atoms with van der Waals surface area (Å²) < 4.78 is 0. The van der Waals surface area contributed by atoms with Crippen molar-refractivity contribution in [3.8, 4) is 0 Å². The fourth-order valence-electron chi connectivity index (χ4n) is 2.34. The molecule has 0 bridgehead atoms. The van der Waals surface area contributed by atoms with Gasteiger partial charge in [-0.05, 0) is 28.5 Å². The molecule has 0 spiro atoms. The second-order valence-electron chi connectivity index (χ2n) is 5.09. The van der Waals surface area contributed by atoms with Gasteiger partial charge in [-0.25, -0.2) is 0 Å². The average molecular weight is 287 g/mol. The largest absolute Gasteiger partial charge is 0.349 e. The van der Waals surface area contributed by atoms with Gasteiger partial charge in [0.05, 0.1) is 0 Å². The van der Waals surface area contributed by atoms with E-state index in [0.29, 0.717) is 12.1 Å². The highest BCUT2D eigenvalue weighted by molar-refractivity contribution is 5.98. The second-order valence-corrected chi connectivity index (χ2v) is 5.09. The van der Waals surface area contributed by atoms with Crippen molar-refractivity contribution >= 4 is 22.8 Å². The quantitative estimate of drug-likeness (QED) is 0.762. The molecular weight excluding hydrogens is 270 g/mol. The molecule has 0 saturated carbocycles. The van der Waals surface area contributed by atoms with Gasteiger partial charge in [0.1, 0.15) is 0 Å². The summed E-state index contributed by atoms with van der Waals surface area (Å²) >= 11 is 0. The first-order chi connectivity index (χ1) is 10.8. The van der Waals surface area contributed by atoms with Crippen molar-refractivity contribution in [1.29, 1.82) is 0 Å². The lowest BCUT2D eigenvalue weighted by molar-refractivity contribution is 0.0958. The Bertz CT molecular complexity index is 806. The molecule has 3 rings (SSSR count). The molecule has 0 aliphatic carbocycles. The summed E-state index contributed by atoms with van der Waals surface area (Å²) in [6.45, 7) is 0.514. The van der Waals surface area contributed by atoms with Gasteiger partial charge in [-0.3, -0.25) is 4.79 Å². The first-order valence-electron chi connectivity index (χ1n) is 7.31. The van der Waals surface area contributed by atoms with Crippen molar-refractivity contribution in [3.63, 3.8) is 0 Å². The van der Waals surface area contributed by atoms with E-state index in [0.717, 1.165) is 16.3 Å². The lowest BCUT2D eigenvalue weighted by atomic mass is 10.1. The number of carbonyl (C=O) groups excluding carboxylic acids is 1. The summed E-state index contributed by atoms with van der Waals surface area (Å²) in [4.78, 5) is 12.2. The molecule has 2 heteroatoms. The summed E-state index contributed by atoms with van der Waals surface area (Å²) in [5.74, 6) is -0.0523. The van der Waals surface area contributed by atoms with E-state index >= 15 is 0 Å². The van der Waals surface area contributed by atoms with E-state index in [1.807, 2.05) is 84.9 Å². The highest BCUT2D eigenvalue weighted by Crippen LogP contribution is 2.15. The number of hydrogen-bond donors (Lipinski definition) is 1. The Labute approximate surface area is 130 Å². The Balaban J connectivity index is 1.62. The second kappa shape index (κ2) is 6.72. The molecule has 3 aromatic rings. The van der Waals surface area contributed by atoms with Crippen molar-refractivity contribution in [1.82, 2.24) is 5.32 Å². The van der Waals surface area contributed by atoms with E-state index in [-0.39, 0.29) is 5.91 Å². The number of carbonyl (C=O) groups is 1. The summed E-state index contributed by atoms with van der Waals surface area (Å²) in [5, 5.41) is 5.13. The van der Waals surface area contributed by atoms with Crippen molar-refractivity contribution in [2.75, 3.05) is 6.54 Å². The maximum atomic E-state index is 12.2. The SMILES string of the molecule is O=C(NC/C=C/c1ccccc1)c1ccc2ccccc2c1. The zero-order valence-corrected chi connectivity index (χ0v) is 12.2. The zero-order chi connectivity index (χ0) is 15.2. The van der Waals surface area contributed by atoms with Crippen LogP contribution in [0.4, 0.5) is 0 Å². The Morgan fingerprint density at radius 3 is 2.41 bits per heavy atom. The summed E-state index contributed by atoms with van der Waals surface area (Å²) in [6, 6.07) is 23.8. The molecule has 108 valence electrons. The number of rotatable bonds is 4. The third kappa shape index (κ3) is 3.41. The number of fused-ring (bicyclic) bond motifs is 1. The van der Waals surface area contributed by atoms with Crippen molar-refractivity contribution < 1.29 is 4.79 Å². The van der Waals surface area contributed by atoms with Gasteiger partial charge in [-0.15, -0.1) is 0 Å². The lowest BCUT2D eigenvalue weighted by Gasteiger charge is -2.04. The highest BCUT2D eigenvalue weighted by Gasteiger charge is 2.04. The Morgan fingerprint density at radius 1 is 0.864 bits per heavy atom. The third-order valence-electron chi connectivity index (χ3n) is 3.50. The van der Waals surface area contributed by atoms with Gasteiger partial charge in [0.25, 0.3) is 5.91 Å². The molecule has 0 saturated heterocycles. The third-order valence-corrected chi connectivity index (χ3v) is 3.50. The summed E-state index contributed by atoms with van der Waals surface area (Å²) in [5.41, 5.74) is 1.81. The standard InChI is InChI=1S/C20H17NO/c22-20(21-14-6-9-16-7-2-1-3-8-16)19-13-12-17-10-4-5-11-18(17)15-19/h1-13,15H,14H2,(H,21,22)/b9-6+. The predicted molar refractivity (Wildman–Crippen MR) is 91.8 cm³/mol. The minimum Gasteiger partial charge on any atom is -0.349 e. The lowest BCUT2D eigenvalue weighted by Crippen LogP contribution is -2.23. The van der Waals surface area contributed by atoms with Gasteiger partial charge in [-0.1, -0.05) is 72.8 Å². The van der Waals surface area contributed by atoms with E-state index in [9.17, 15) is 4.79 Å².